The molecule has 0 saturated carbocycles. The average molecular weight is 658 g/mol. The molecular weight excluding hydrogens is 578 g/mol. The summed E-state index contributed by atoms with van der Waals surface area (Å²) in [4.78, 5) is 12.4. The van der Waals surface area contributed by atoms with Gasteiger partial charge in [-0.15, -0.1) is 0 Å². The molecule has 0 radical (unpaired) electrons. The Balaban J connectivity index is 3.59. The van der Waals surface area contributed by atoms with E-state index >= 15 is 0 Å². The van der Waals surface area contributed by atoms with E-state index in [0.717, 1.165) is 70.6 Å². The molecule has 0 aliphatic carbocycles. The van der Waals surface area contributed by atoms with Gasteiger partial charge in [0, 0.05) is 6.42 Å². The fourth-order valence-electron chi connectivity index (χ4n) is 6.00. The Morgan fingerprint density at radius 1 is 0.532 bits per heavy atom. The second-order valence-electron chi connectivity index (χ2n) is 13.7. The monoisotopic (exact) mass is 658 g/mol. The van der Waals surface area contributed by atoms with Crippen molar-refractivity contribution in [1.82, 2.24) is 5.32 Å². The SMILES string of the molecule is CC/C=C\C/C=C\C/C=C\C/C=C\CCCCCCC(=O)NC(CO)C(O)CCCCCCCCCCCCCCCCCCCC. The molecule has 1 amide bonds. The van der Waals surface area contributed by atoms with Crippen molar-refractivity contribution in [1.29, 1.82) is 0 Å². The smallest absolute Gasteiger partial charge is 0.220 e. The second-order valence-corrected chi connectivity index (χ2v) is 13.7. The lowest BCUT2D eigenvalue weighted by atomic mass is 10.0. The van der Waals surface area contributed by atoms with Gasteiger partial charge in [0.25, 0.3) is 0 Å². The molecule has 0 aliphatic heterocycles. The highest BCUT2D eigenvalue weighted by molar-refractivity contribution is 5.76. The molecule has 0 heterocycles. The molecule has 0 aromatic carbocycles. The van der Waals surface area contributed by atoms with E-state index in [2.05, 4.69) is 67.8 Å². The zero-order valence-corrected chi connectivity index (χ0v) is 31.3. The fourth-order valence-corrected chi connectivity index (χ4v) is 6.00. The van der Waals surface area contributed by atoms with E-state index in [1.165, 1.54) is 103 Å². The molecule has 0 saturated heterocycles. The van der Waals surface area contributed by atoms with Gasteiger partial charge in [0.05, 0.1) is 18.8 Å². The van der Waals surface area contributed by atoms with Crippen LogP contribution in [0.15, 0.2) is 48.6 Å². The predicted molar refractivity (Wildman–Crippen MR) is 207 cm³/mol. The highest BCUT2D eigenvalue weighted by Gasteiger charge is 2.19. The van der Waals surface area contributed by atoms with E-state index in [1.807, 2.05) is 0 Å². The summed E-state index contributed by atoms with van der Waals surface area (Å²) >= 11 is 0. The van der Waals surface area contributed by atoms with Crippen LogP contribution in [0.2, 0.25) is 0 Å². The fraction of sp³-hybridized carbons (Fsp3) is 0.791. The Kier molecular flexibility index (Phi) is 37.4. The lowest BCUT2D eigenvalue weighted by Gasteiger charge is -2.22. The first-order valence-corrected chi connectivity index (χ1v) is 20.3. The van der Waals surface area contributed by atoms with Crippen LogP contribution in [-0.4, -0.2) is 34.9 Å². The summed E-state index contributed by atoms with van der Waals surface area (Å²) in [5.74, 6) is -0.0557. The van der Waals surface area contributed by atoms with Gasteiger partial charge in [0.2, 0.25) is 5.91 Å². The van der Waals surface area contributed by atoms with Crippen LogP contribution in [0.25, 0.3) is 0 Å². The molecule has 274 valence electrons. The lowest BCUT2D eigenvalue weighted by molar-refractivity contribution is -0.123. The number of carbonyl (C=O) groups is 1. The van der Waals surface area contributed by atoms with Crippen LogP contribution in [0, 0.1) is 0 Å². The first-order valence-electron chi connectivity index (χ1n) is 20.3. The third-order valence-electron chi connectivity index (χ3n) is 9.10. The number of allylic oxidation sites excluding steroid dienone is 8. The number of rotatable bonds is 36. The Morgan fingerprint density at radius 2 is 0.936 bits per heavy atom. The third kappa shape index (κ3) is 35.5. The highest BCUT2D eigenvalue weighted by atomic mass is 16.3. The Morgan fingerprint density at radius 3 is 1.40 bits per heavy atom. The highest BCUT2D eigenvalue weighted by Crippen LogP contribution is 2.15. The maximum Gasteiger partial charge on any atom is 0.220 e. The van der Waals surface area contributed by atoms with Crippen LogP contribution in [0.1, 0.15) is 200 Å². The lowest BCUT2D eigenvalue weighted by Crippen LogP contribution is -2.45. The molecule has 0 bridgehead atoms. The number of carbonyl (C=O) groups excluding carboxylic acids is 1. The van der Waals surface area contributed by atoms with E-state index in [0.29, 0.717) is 12.8 Å². The molecule has 0 aliphatic rings. The number of amides is 1. The molecule has 3 N–H and O–H groups in total. The number of hydrogen-bond acceptors (Lipinski definition) is 3. The zero-order chi connectivity index (χ0) is 34.3. The summed E-state index contributed by atoms with van der Waals surface area (Å²) in [6.45, 7) is 4.23. The molecule has 2 atom stereocenters. The molecule has 0 rings (SSSR count). The van der Waals surface area contributed by atoms with Gasteiger partial charge in [-0.3, -0.25) is 4.79 Å². The van der Waals surface area contributed by atoms with Crippen LogP contribution in [0.3, 0.4) is 0 Å². The van der Waals surface area contributed by atoms with Crippen LogP contribution >= 0.6 is 0 Å². The molecule has 4 nitrogen and oxygen atoms in total. The Labute approximate surface area is 293 Å². The number of aliphatic hydroxyl groups is 2. The first-order chi connectivity index (χ1) is 23.2. The minimum absolute atomic E-state index is 0.0557. The molecule has 47 heavy (non-hydrogen) atoms. The van der Waals surface area contributed by atoms with Crippen molar-refractivity contribution in [2.24, 2.45) is 0 Å². The maximum atomic E-state index is 12.4. The number of nitrogens with one attached hydrogen (secondary N) is 1. The van der Waals surface area contributed by atoms with E-state index in [1.54, 1.807) is 0 Å². The third-order valence-corrected chi connectivity index (χ3v) is 9.10. The van der Waals surface area contributed by atoms with Crippen LogP contribution in [0.4, 0.5) is 0 Å². The summed E-state index contributed by atoms with van der Waals surface area (Å²) in [5, 5.41) is 23.1. The van der Waals surface area contributed by atoms with Crippen molar-refractivity contribution in [3.05, 3.63) is 48.6 Å². The van der Waals surface area contributed by atoms with Gasteiger partial charge in [-0.2, -0.15) is 0 Å². The van der Waals surface area contributed by atoms with Crippen LogP contribution in [-0.2, 0) is 4.79 Å². The van der Waals surface area contributed by atoms with E-state index in [4.69, 9.17) is 0 Å². The summed E-state index contributed by atoms with van der Waals surface area (Å²) < 4.78 is 0. The second kappa shape index (κ2) is 38.8. The molecule has 4 heteroatoms. The van der Waals surface area contributed by atoms with Gasteiger partial charge in [0.1, 0.15) is 0 Å². The number of unbranched alkanes of at least 4 members (excludes halogenated alkanes) is 21. The predicted octanol–water partition coefficient (Wildman–Crippen LogP) is 12.4. The summed E-state index contributed by atoms with van der Waals surface area (Å²) in [7, 11) is 0. The van der Waals surface area contributed by atoms with Crippen molar-refractivity contribution >= 4 is 5.91 Å². The quantitative estimate of drug-likeness (QED) is 0.0464. The van der Waals surface area contributed by atoms with Crippen molar-refractivity contribution in [3.63, 3.8) is 0 Å². The molecule has 0 spiro atoms. The van der Waals surface area contributed by atoms with Gasteiger partial charge in [-0.25, -0.2) is 0 Å². The average Bonchev–Trinajstić information content (AvgIpc) is 3.07. The largest absolute Gasteiger partial charge is 0.394 e. The van der Waals surface area contributed by atoms with Crippen LogP contribution < -0.4 is 5.32 Å². The number of hydrogen-bond donors (Lipinski definition) is 3. The van der Waals surface area contributed by atoms with Gasteiger partial charge >= 0.3 is 0 Å². The van der Waals surface area contributed by atoms with Crippen LogP contribution in [0.5, 0.6) is 0 Å². The summed E-state index contributed by atoms with van der Waals surface area (Å²) in [6, 6.07) is -0.550. The zero-order valence-electron chi connectivity index (χ0n) is 31.3. The van der Waals surface area contributed by atoms with Gasteiger partial charge in [-0.05, 0) is 51.4 Å². The molecule has 0 aromatic rings. The molecule has 0 aromatic heterocycles. The molecule has 2 unspecified atom stereocenters. The summed E-state index contributed by atoms with van der Waals surface area (Å²) in [6.07, 6.45) is 51.7. The van der Waals surface area contributed by atoms with Gasteiger partial charge in [0.15, 0.2) is 0 Å². The minimum Gasteiger partial charge on any atom is -0.394 e. The van der Waals surface area contributed by atoms with Gasteiger partial charge < -0.3 is 15.5 Å². The minimum atomic E-state index is -0.670. The van der Waals surface area contributed by atoms with Gasteiger partial charge in [-0.1, -0.05) is 191 Å². The van der Waals surface area contributed by atoms with E-state index < -0.39 is 12.1 Å². The van der Waals surface area contributed by atoms with E-state index in [9.17, 15) is 15.0 Å². The topological polar surface area (TPSA) is 69.6 Å². The van der Waals surface area contributed by atoms with Crippen molar-refractivity contribution in [3.8, 4) is 0 Å². The number of aliphatic hydroxyl groups excluding tert-OH is 2. The van der Waals surface area contributed by atoms with Crippen molar-refractivity contribution < 1.29 is 15.0 Å². The molecule has 0 fully saturated rings. The normalized spacial score (nSPS) is 13.5. The van der Waals surface area contributed by atoms with Crippen molar-refractivity contribution in [2.45, 2.75) is 212 Å². The van der Waals surface area contributed by atoms with Crippen molar-refractivity contribution in [2.75, 3.05) is 6.61 Å². The summed E-state index contributed by atoms with van der Waals surface area (Å²) in [5.41, 5.74) is 0. The standard InChI is InChI=1S/C43H79NO3/c1-3-5-7-9-11-13-15-17-19-21-23-24-26-28-30-32-34-36-38-42(46)41(40-45)44-43(47)39-37-35-33-31-29-27-25-22-20-18-16-14-12-10-8-6-4-2/h6,8,12,14,18,20,25,27,41-42,45-46H,3-5,7,9-11,13,15-17,19,21-24,26,28-40H2,1-2H3,(H,44,47)/b8-6-,14-12-,20-18-,27-25-. The Bertz CT molecular complexity index is 756. The first kappa shape index (κ1) is 45.3. The maximum absolute atomic E-state index is 12.4. The molecular formula is C43H79NO3. The Hall–Kier alpha value is -1.65. The van der Waals surface area contributed by atoms with E-state index in [-0.39, 0.29) is 12.5 Å².